The van der Waals surface area contributed by atoms with Crippen molar-refractivity contribution in [1.82, 2.24) is 0 Å². The molecule has 1 N–H and O–H groups in total. The molecule has 3 rings (SSSR count). The van der Waals surface area contributed by atoms with E-state index < -0.39 is 24.1 Å². The molecule has 23 heavy (non-hydrogen) atoms. The lowest BCUT2D eigenvalue weighted by Gasteiger charge is -2.17. The maximum Gasteiger partial charge on any atom is 0.312 e. The van der Waals surface area contributed by atoms with Crippen molar-refractivity contribution in [3.05, 3.63) is 71.8 Å². The zero-order valence-corrected chi connectivity index (χ0v) is 12.6. The molecule has 1 heterocycles. The molecule has 1 aliphatic rings. The molecular weight excluding hydrogens is 292 g/mol. The molecule has 1 unspecified atom stereocenters. The molecule has 2 aromatic carbocycles. The molecule has 2 aromatic rings. The molecule has 1 fully saturated rings. The normalized spacial score (nSPS) is 23.5. The van der Waals surface area contributed by atoms with Crippen LogP contribution in [0.1, 0.15) is 22.3 Å². The van der Waals surface area contributed by atoms with Gasteiger partial charge in [0.15, 0.2) is 5.78 Å². The third-order valence-electron chi connectivity index (χ3n) is 4.24. The highest BCUT2D eigenvalue weighted by molar-refractivity contribution is 5.98. The van der Waals surface area contributed by atoms with Gasteiger partial charge in [0.25, 0.3) is 0 Å². The molecule has 3 atom stereocenters. The van der Waals surface area contributed by atoms with Crippen LogP contribution in [0.3, 0.4) is 0 Å². The molecule has 0 saturated carbocycles. The summed E-state index contributed by atoms with van der Waals surface area (Å²) in [5, 5.41) is 10.0. The fraction of sp³-hybridized carbons (Fsp3) is 0.263. The SMILES string of the molecule is O=C(C[C@@H]1C(=O)OC(O)[C@@H]1Cc1ccccc1)c1ccccc1. The van der Waals surface area contributed by atoms with Crippen LogP contribution in [0.25, 0.3) is 0 Å². The van der Waals surface area contributed by atoms with Crippen LogP contribution >= 0.6 is 0 Å². The molecule has 0 bridgehead atoms. The number of ketones is 1. The van der Waals surface area contributed by atoms with E-state index in [9.17, 15) is 14.7 Å². The van der Waals surface area contributed by atoms with Crippen molar-refractivity contribution in [3.63, 3.8) is 0 Å². The highest BCUT2D eigenvalue weighted by Gasteiger charge is 2.44. The Bertz CT molecular complexity index is 681. The molecule has 0 spiro atoms. The van der Waals surface area contributed by atoms with E-state index >= 15 is 0 Å². The lowest BCUT2D eigenvalue weighted by molar-refractivity contribution is -0.157. The van der Waals surface area contributed by atoms with Gasteiger partial charge in [-0.1, -0.05) is 60.7 Å². The molecule has 1 saturated heterocycles. The number of ether oxygens (including phenoxy) is 1. The Morgan fingerprint density at radius 2 is 1.61 bits per heavy atom. The van der Waals surface area contributed by atoms with Crippen molar-refractivity contribution >= 4 is 11.8 Å². The monoisotopic (exact) mass is 310 g/mol. The van der Waals surface area contributed by atoms with Crippen LogP contribution in [0.15, 0.2) is 60.7 Å². The number of rotatable bonds is 5. The molecule has 0 aliphatic carbocycles. The summed E-state index contributed by atoms with van der Waals surface area (Å²) in [6, 6.07) is 18.5. The standard InChI is InChI=1S/C19H18O4/c20-17(14-9-5-2-6-10-14)12-16-15(18(21)23-19(16)22)11-13-7-3-1-4-8-13/h1-10,15-16,18,21H,11-12H2/t15-,16+,18?/m1/s1. The molecule has 4 nitrogen and oxygen atoms in total. The smallest absolute Gasteiger partial charge is 0.312 e. The third kappa shape index (κ3) is 3.48. The van der Waals surface area contributed by atoms with Gasteiger partial charge >= 0.3 is 5.97 Å². The quantitative estimate of drug-likeness (QED) is 0.681. The average molecular weight is 310 g/mol. The summed E-state index contributed by atoms with van der Waals surface area (Å²) in [5.74, 6) is -1.63. The van der Waals surface area contributed by atoms with Crippen LogP contribution in [-0.4, -0.2) is 23.1 Å². The number of aliphatic hydroxyl groups excluding tert-OH is 1. The van der Waals surface area contributed by atoms with Gasteiger partial charge in [-0.15, -0.1) is 0 Å². The Balaban J connectivity index is 1.75. The minimum atomic E-state index is -1.16. The van der Waals surface area contributed by atoms with Gasteiger partial charge < -0.3 is 9.84 Å². The predicted molar refractivity (Wildman–Crippen MR) is 84.6 cm³/mol. The van der Waals surface area contributed by atoms with Gasteiger partial charge in [0, 0.05) is 17.9 Å². The van der Waals surface area contributed by atoms with Gasteiger partial charge in [-0.3, -0.25) is 9.59 Å². The zero-order valence-electron chi connectivity index (χ0n) is 12.6. The molecule has 0 radical (unpaired) electrons. The first-order chi connectivity index (χ1) is 11.1. The van der Waals surface area contributed by atoms with Crippen LogP contribution in [-0.2, 0) is 16.0 Å². The second-order valence-electron chi connectivity index (χ2n) is 5.78. The van der Waals surface area contributed by atoms with E-state index in [4.69, 9.17) is 4.74 Å². The summed E-state index contributed by atoms with van der Waals surface area (Å²) in [6.07, 6.45) is -0.603. The topological polar surface area (TPSA) is 63.6 Å². The minimum Gasteiger partial charge on any atom is -0.435 e. The van der Waals surface area contributed by atoms with E-state index in [0.717, 1.165) is 5.56 Å². The Labute approximate surface area is 134 Å². The summed E-state index contributed by atoms with van der Waals surface area (Å²) in [6.45, 7) is 0. The molecule has 0 aromatic heterocycles. The number of esters is 1. The first-order valence-corrected chi connectivity index (χ1v) is 7.66. The number of carbonyl (C=O) groups excluding carboxylic acids is 2. The lowest BCUT2D eigenvalue weighted by atomic mass is 9.84. The second kappa shape index (κ2) is 6.75. The number of Topliss-reactive ketones (excluding diaryl/α,β-unsaturated/α-hetero) is 1. The van der Waals surface area contributed by atoms with Crippen molar-refractivity contribution in [1.29, 1.82) is 0 Å². The van der Waals surface area contributed by atoms with Crippen LogP contribution in [0.5, 0.6) is 0 Å². The van der Waals surface area contributed by atoms with Gasteiger partial charge in [0.05, 0.1) is 5.92 Å². The number of aliphatic hydroxyl groups is 1. The largest absolute Gasteiger partial charge is 0.435 e. The Morgan fingerprint density at radius 3 is 2.26 bits per heavy atom. The van der Waals surface area contributed by atoms with E-state index in [2.05, 4.69) is 0 Å². The van der Waals surface area contributed by atoms with Crippen molar-refractivity contribution in [3.8, 4) is 0 Å². The van der Waals surface area contributed by atoms with E-state index in [-0.39, 0.29) is 12.2 Å². The van der Waals surface area contributed by atoms with E-state index in [1.165, 1.54) is 0 Å². The summed E-state index contributed by atoms with van der Waals surface area (Å²) in [4.78, 5) is 24.4. The second-order valence-corrected chi connectivity index (χ2v) is 5.78. The number of cyclic esters (lactones) is 1. The van der Waals surface area contributed by atoms with Crippen molar-refractivity contribution in [2.75, 3.05) is 0 Å². The predicted octanol–water partition coefficient (Wildman–Crippen LogP) is 2.61. The van der Waals surface area contributed by atoms with Crippen LogP contribution in [0, 0.1) is 11.8 Å². The maximum atomic E-state index is 12.4. The first kappa shape index (κ1) is 15.4. The maximum absolute atomic E-state index is 12.4. The van der Waals surface area contributed by atoms with Gasteiger partial charge in [0.2, 0.25) is 6.29 Å². The summed E-state index contributed by atoms with van der Waals surface area (Å²) in [5.41, 5.74) is 1.58. The lowest BCUT2D eigenvalue weighted by Crippen LogP contribution is -2.25. The summed E-state index contributed by atoms with van der Waals surface area (Å²) < 4.78 is 4.96. The number of hydrogen-bond acceptors (Lipinski definition) is 4. The molecular formula is C19H18O4. The number of hydrogen-bond donors (Lipinski definition) is 1. The minimum absolute atomic E-state index is 0.0530. The van der Waals surface area contributed by atoms with Crippen LogP contribution in [0.4, 0.5) is 0 Å². The van der Waals surface area contributed by atoms with Crippen molar-refractivity contribution in [2.45, 2.75) is 19.1 Å². The van der Waals surface area contributed by atoms with Crippen LogP contribution in [0.2, 0.25) is 0 Å². The molecule has 118 valence electrons. The van der Waals surface area contributed by atoms with Crippen LogP contribution < -0.4 is 0 Å². The van der Waals surface area contributed by atoms with Gasteiger partial charge in [-0.2, -0.15) is 0 Å². The first-order valence-electron chi connectivity index (χ1n) is 7.66. The third-order valence-corrected chi connectivity index (χ3v) is 4.24. The Hall–Kier alpha value is -2.46. The number of carbonyl (C=O) groups is 2. The van der Waals surface area contributed by atoms with E-state index in [0.29, 0.717) is 12.0 Å². The fourth-order valence-electron chi connectivity index (χ4n) is 2.97. The highest BCUT2D eigenvalue weighted by atomic mass is 16.6. The Kier molecular flexibility index (Phi) is 4.53. The van der Waals surface area contributed by atoms with Crippen molar-refractivity contribution in [2.24, 2.45) is 11.8 Å². The van der Waals surface area contributed by atoms with E-state index in [1.807, 2.05) is 36.4 Å². The average Bonchev–Trinajstić information content (AvgIpc) is 2.83. The highest BCUT2D eigenvalue weighted by Crippen LogP contribution is 2.33. The van der Waals surface area contributed by atoms with Crippen molar-refractivity contribution < 1.29 is 19.4 Å². The molecule has 4 heteroatoms. The fourth-order valence-corrected chi connectivity index (χ4v) is 2.97. The Morgan fingerprint density at radius 1 is 1.00 bits per heavy atom. The molecule has 1 aliphatic heterocycles. The molecule has 0 amide bonds. The van der Waals surface area contributed by atoms with Gasteiger partial charge in [-0.25, -0.2) is 0 Å². The summed E-state index contributed by atoms with van der Waals surface area (Å²) >= 11 is 0. The van der Waals surface area contributed by atoms with Gasteiger partial charge in [0.1, 0.15) is 0 Å². The summed E-state index contributed by atoms with van der Waals surface area (Å²) in [7, 11) is 0. The number of benzene rings is 2. The van der Waals surface area contributed by atoms with E-state index in [1.54, 1.807) is 24.3 Å². The van der Waals surface area contributed by atoms with Gasteiger partial charge in [-0.05, 0) is 12.0 Å². The zero-order chi connectivity index (χ0) is 16.2.